The van der Waals surface area contributed by atoms with Crippen LogP contribution in [0.2, 0.25) is 0 Å². The number of carbonyl (C=O) groups excluding carboxylic acids is 3. The molecule has 0 atom stereocenters. The summed E-state index contributed by atoms with van der Waals surface area (Å²) in [5, 5.41) is 3.77. The van der Waals surface area contributed by atoms with Gasteiger partial charge in [-0.15, -0.1) is 0 Å². The Kier molecular flexibility index (Phi) is 9.56. The number of hydrogen-bond donors (Lipinski definition) is 1. The number of hydrogen-bond acceptors (Lipinski definition) is 6. The van der Waals surface area contributed by atoms with E-state index in [9.17, 15) is 14.4 Å². The molecule has 0 heterocycles. The van der Waals surface area contributed by atoms with Crippen molar-refractivity contribution in [2.75, 3.05) is 20.2 Å². The second kappa shape index (κ2) is 12.0. The third kappa shape index (κ3) is 6.74. The predicted octanol–water partition coefficient (Wildman–Crippen LogP) is 2.11. The lowest BCUT2D eigenvalue weighted by Crippen LogP contribution is -2.33. The highest BCUT2D eigenvalue weighted by molar-refractivity contribution is 6.06. The Hall–Kier alpha value is -3.48. The van der Waals surface area contributed by atoms with E-state index in [0.717, 1.165) is 5.56 Å². The molecule has 2 rings (SSSR count). The predicted molar refractivity (Wildman–Crippen MR) is 104 cm³/mol. The maximum atomic E-state index is 12.5. The van der Waals surface area contributed by atoms with Crippen LogP contribution in [-0.4, -0.2) is 49.5 Å². The molecule has 2 aromatic carbocycles. The van der Waals surface area contributed by atoms with Crippen molar-refractivity contribution in [3.05, 3.63) is 71.3 Å². The van der Waals surface area contributed by atoms with Crippen LogP contribution >= 0.6 is 0 Å². The van der Waals surface area contributed by atoms with Crippen LogP contribution in [0.25, 0.3) is 0 Å². The molecule has 1 amide bonds. The van der Waals surface area contributed by atoms with Crippen LogP contribution in [0.15, 0.2) is 59.7 Å². The lowest BCUT2D eigenvalue weighted by Gasteiger charge is -2.19. The normalized spacial score (nSPS) is 10.2. The first-order chi connectivity index (χ1) is 13.1. The monoisotopic (exact) mass is 369 g/mol. The molecule has 7 nitrogen and oxygen atoms in total. The summed E-state index contributed by atoms with van der Waals surface area (Å²) in [5.74, 6) is 5.19. The Morgan fingerprint density at radius 2 is 1.74 bits per heavy atom. The van der Waals surface area contributed by atoms with E-state index in [1.807, 2.05) is 30.3 Å². The van der Waals surface area contributed by atoms with Crippen LogP contribution < -0.4 is 5.84 Å². The molecule has 0 saturated carbocycles. The minimum atomic E-state index is -0.250. The second-order valence-electron chi connectivity index (χ2n) is 5.36. The van der Waals surface area contributed by atoms with Crippen molar-refractivity contribution >= 4 is 24.4 Å². The summed E-state index contributed by atoms with van der Waals surface area (Å²) in [4.78, 5) is 34.2. The quantitative estimate of drug-likeness (QED) is 0.349. The van der Waals surface area contributed by atoms with Gasteiger partial charge in [0.1, 0.15) is 0 Å². The van der Waals surface area contributed by atoms with Crippen molar-refractivity contribution in [1.82, 2.24) is 4.90 Å². The first kappa shape index (κ1) is 21.6. The first-order valence-electron chi connectivity index (χ1n) is 8.26. The highest BCUT2D eigenvalue weighted by atomic mass is 16.5. The van der Waals surface area contributed by atoms with Gasteiger partial charge >= 0.3 is 0 Å². The van der Waals surface area contributed by atoms with Gasteiger partial charge in [-0.1, -0.05) is 48.5 Å². The Balaban J connectivity index is 0.000000646. The average molecular weight is 369 g/mol. The summed E-state index contributed by atoms with van der Waals surface area (Å²) in [5.41, 5.74) is 2.18. The van der Waals surface area contributed by atoms with Crippen molar-refractivity contribution in [3.8, 4) is 0 Å². The molecule has 142 valence electrons. The highest BCUT2D eigenvalue weighted by Crippen LogP contribution is 2.10. The van der Waals surface area contributed by atoms with E-state index in [2.05, 4.69) is 9.84 Å². The summed E-state index contributed by atoms with van der Waals surface area (Å²) in [6.07, 6.45) is 0.677. The van der Waals surface area contributed by atoms with E-state index < -0.39 is 0 Å². The number of rotatable bonds is 7. The maximum absolute atomic E-state index is 12.5. The zero-order valence-electron chi connectivity index (χ0n) is 15.4. The molecule has 27 heavy (non-hydrogen) atoms. The lowest BCUT2D eigenvalue weighted by atomic mass is 10.1. The van der Waals surface area contributed by atoms with Crippen molar-refractivity contribution in [2.24, 2.45) is 10.9 Å². The number of amides is 1. The number of carbonyl (C=O) groups is 3. The molecule has 0 spiro atoms. The fourth-order valence-corrected chi connectivity index (χ4v) is 2.20. The van der Waals surface area contributed by atoms with Crippen LogP contribution in [0.5, 0.6) is 0 Å². The van der Waals surface area contributed by atoms with Gasteiger partial charge in [0.05, 0.1) is 24.4 Å². The molecule has 2 N–H and O–H groups in total. The van der Waals surface area contributed by atoms with Gasteiger partial charge in [-0.25, -0.2) is 0 Å². The van der Waals surface area contributed by atoms with Crippen molar-refractivity contribution in [1.29, 1.82) is 0 Å². The molecular formula is C20H23N3O4. The highest BCUT2D eigenvalue weighted by Gasteiger charge is 2.17. The van der Waals surface area contributed by atoms with Gasteiger partial charge in [0.15, 0.2) is 6.29 Å². The van der Waals surface area contributed by atoms with E-state index in [1.54, 1.807) is 38.2 Å². The van der Waals surface area contributed by atoms with Crippen LogP contribution in [0.1, 0.15) is 33.2 Å². The molecule has 0 saturated heterocycles. The second-order valence-corrected chi connectivity index (χ2v) is 5.36. The average Bonchev–Trinajstić information content (AvgIpc) is 2.72. The minimum Gasteiger partial charge on any atom is -0.468 e. The minimum absolute atomic E-state index is 0.250. The van der Waals surface area contributed by atoms with Crippen LogP contribution in [0, 0.1) is 0 Å². The Bertz CT molecular complexity index is 776. The van der Waals surface area contributed by atoms with E-state index in [4.69, 9.17) is 5.84 Å². The van der Waals surface area contributed by atoms with Crippen molar-refractivity contribution < 1.29 is 19.1 Å². The van der Waals surface area contributed by atoms with Gasteiger partial charge in [-0.3, -0.25) is 14.4 Å². The largest absolute Gasteiger partial charge is 0.468 e. The summed E-state index contributed by atoms with van der Waals surface area (Å²) >= 11 is 0. The first-order valence-corrected chi connectivity index (χ1v) is 8.26. The fraction of sp³-hybridized carbons (Fsp3) is 0.200. The van der Waals surface area contributed by atoms with Gasteiger partial charge in [-0.2, -0.15) is 5.10 Å². The van der Waals surface area contributed by atoms with Crippen LogP contribution in [0.4, 0.5) is 0 Å². The fourth-order valence-electron chi connectivity index (χ4n) is 2.20. The van der Waals surface area contributed by atoms with Gasteiger partial charge in [0.25, 0.3) is 12.4 Å². The van der Waals surface area contributed by atoms with Crippen molar-refractivity contribution in [3.63, 3.8) is 0 Å². The lowest BCUT2D eigenvalue weighted by molar-refractivity contribution is -0.128. The molecule has 2 aromatic rings. The number of hydrazone groups is 1. The molecule has 0 aliphatic carbocycles. The molecule has 7 heteroatoms. The number of ether oxygens (including phenoxy) is 1. The van der Waals surface area contributed by atoms with Crippen molar-refractivity contribution in [2.45, 2.75) is 6.92 Å². The molecule has 0 bridgehead atoms. The molecular weight excluding hydrogens is 346 g/mol. The van der Waals surface area contributed by atoms with Gasteiger partial charge in [-0.05, 0) is 18.6 Å². The zero-order chi connectivity index (χ0) is 20.1. The van der Waals surface area contributed by atoms with Gasteiger partial charge in [0.2, 0.25) is 0 Å². The summed E-state index contributed by atoms with van der Waals surface area (Å²) in [6, 6.07) is 16.1. The summed E-state index contributed by atoms with van der Waals surface area (Å²) < 4.78 is 4.15. The molecule has 0 aromatic heterocycles. The summed E-state index contributed by atoms with van der Waals surface area (Å²) in [7, 11) is 1.65. The maximum Gasteiger partial charge on any atom is 0.293 e. The smallest absolute Gasteiger partial charge is 0.293 e. The molecule has 0 aliphatic heterocycles. The third-order valence-electron chi connectivity index (χ3n) is 3.55. The van der Waals surface area contributed by atoms with Gasteiger partial charge in [0, 0.05) is 12.6 Å². The van der Waals surface area contributed by atoms with Gasteiger partial charge < -0.3 is 15.5 Å². The molecule has 0 unspecified atom stereocenters. The molecule has 0 aliphatic rings. The Morgan fingerprint density at radius 1 is 1.11 bits per heavy atom. The van der Waals surface area contributed by atoms with E-state index >= 15 is 0 Å². The number of likely N-dealkylation sites (N-methyl/N-ethyl adjacent to an activating group) is 1. The summed E-state index contributed by atoms with van der Waals surface area (Å²) in [6.45, 7) is 2.92. The third-order valence-corrected chi connectivity index (χ3v) is 3.55. The van der Waals surface area contributed by atoms with E-state index in [-0.39, 0.29) is 12.5 Å². The Labute approximate surface area is 158 Å². The van der Waals surface area contributed by atoms with E-state index in [1.165, 1.54) is 4.90 Å². The van der Waals surface area contributed by atoms with Crippen LogP contribution in [-0.2, 0) is 9.53 Å². The number of nitrogens with two attached hydrogens (primary N) is 1. The number of aldehydes is 1. The standard InChI is InChI=1S/C17H17N3O2.C3H6O2/c1-20(11-16(19-18)13-7-3-2-4-8-13)17(22)15-10-6-5-9-14(15)12-21;1-2-5-3-4/h2-10,12H,11,18H2,1H3;3H,2H2,1H3/b19-16-;. The Morgan fingerprint density at radius 3 is 2.26 bits per heavy atom. The molecule has 0 fully saturated rings. The van der Waals surface area contributed by atoms with Crippen LogP contribution in [0.3, 0.4) is 0 Å². The topological polar surface area (TPSA) is 102 Å². The van der Waals surface area contributed by atoms with E-state index in [0.29, 0.717) is 36.2 Å². The SMILES string of the molecule is CCOC=O.CN(C/C(=N/N)c1ccccc1)C(=O)c1ccccc1C=O. The molecule has 0 radical (unpaired) electrons. The zero-order valence-corrected chi connectivity index (χ0v) is 15.4. The number of nitrogens with zero attached hydrogens (tertiary/aromatic N) is 2. The number of benzene rings is 2.